The van der Waals surface area contributed by atoms with Crippen LogP contribution in [0.5, 0.6) is 0 Å². The van der Waals surface area contributed by atoms with Crippen molar-refractivity contribution in [1.82, 2.24) is 4.90 Å². The highest BCUT2D eigenvalue weighted by Gasteiger charge is 2.29. The summed E-state index contributed by atoms with van der Waals surface area (Å²) < 4.78 is 0. The van der Waals surface area contributed by atoms with Crippen LogP contribution in [0.4, 0.5) is 10.5 Å². The molecule has 2 rings (SSSR count). The van der Waals surface area contributed by atoms with Crippen LogP contribution in [0, 0.1) is 11.8 Å². The van der Waals surface area contributed by atoms with Crippen LogP contribution in [-0.2, 0) is 6.54 Å². The van der Waals surface area contributed by atoms with Crippen LogP contribution >= 0.6 is 0 Å². The Hall–Kier alpha value is -1.55. The van der Waals surface area contributed by atoms with Gasteiger partial charge < -0.3 is 16.0 Å². The van der Waals surface area contributed by atoms with Crippen LogP contribution in [-0.4, -0.2) is 24.0 Å². The Morgan fingerprint density at radius 1 is 1.28 bits per heavy atom. The van der Waals surface area contributed by atoms with E-state index in [0.717, 1.165) is 24.3 Å². The standard InChI is InChI=1S/C14H21N3O/c1-10-8-17(9-11(10)2)14(18)16-13-5-3-12(7-15)4-6-13/h3-6,10-11H,7-9,15H2,1-2H3,(H,16,18). The third kappa shape index (κ3) is 2.82. The summed E-state index contributed by atoms with van der Waals surface area (Å²) in [5, 5.41) is 2.92. The second-order valence-corrected chi connectivity index (χ2v) is 5.19. The summed E-state index contributed by atoms with van der Waals surface area (Å²) >= 11 is 0. The summed E-state index contributed by atoms with van der Waals surface area (Å²) in [6.45, 7) is 6.58. The molecule has 4 heteroatoms. The molecule has 3 N–H and O–H groups in total. The van der Waals surface area contributed by atoms with Crippen molar-refractivity contribution in [3.05, 3.63) is 29.8 Å². The minimum atomic E-state index is -0.00769. The van der Waals surface area contributed by atoms with Crippen LogP contribution in [0.25, 0.3) is 0 Å². The lowest BCUT2D eigenvalue weighted by Gasteiger charge is -2.17. The molecule has 0 spiro atoms. The van der Waals surface area contributed by atoms with Crippen molar-refractivity contribution >= 4 is 11.7 Å². The molecule has 4 nitrogen and oxygen atoms in total. The van der Waals surface area contributed by atoms with Crippen molar-refractivity contribution in [2.75, 3.05) is 18.4 Å². The van der Waals surface area contributed by atoms with Gasteiger partial charge in [-0.15, -0.1) is 0 Å². The van der Waals surface area contributed by atoms with E-state index in [1.807, 2.05) is 29.2 Å². The van der Waals surface area contributed by atoms with E-state index >= 15 is 0 Å². The number of rotatable bonds is 2. The largest absolute Gasteiger partial charge is 0.326 e. The minimum absolute atomic E-state index is 0.00769. The van der Waals surface area contributed by atoms with Crippen LogP contribution in [0.1, 0.15) is 19.4 Å². The molecule has 2 amide bonds. The number of benzene rings is 1. The zero-order valence-electron chi connectivity index (χ0n) is 11.0. The second kappa shape index (κ2) is 5.40. The zero-order valence-corrected chi connectivity index (χ0v) is 11.0. The van der Waals surface area contributed by atoms with Crippen molar-refractivity contribution in [3.8, 4) is 0 Å². The van der Waals surface area contributed by atoms with Gasteiger partial charge in [-0.25, -0.2) is 4.79 Å². The number of carbonyl (C=O) groups excluding carboxylic acids is 1. The van der Waals surface area contributed by atoms with E-state index in [9.17, 15) is 4.79 Å². The topological polar surface area (TPSA) is 58.4 Å². The van der Waals surface area contributed by atoms with E-state index in [0.29, 0.717) is 18.4 Å². The van der Waals surface area contributed by atoms with Crippen molar-refractivity contribution < 1.29 is 4.79 Å². The molecular formula is C14H21N3O. The van der Waals surface area contributed by atoms with E-state index in [4.69, 9.17) is 5.73 Å². The fourth-order valence-electron chi connectivity index (χ4n) is 2.22. The van der Waals surface area contributed by atoms with Gasteiger partial charge in [-0.1, -0.05) is 26.0 Å². The van der Waals surface area contributed by atoms with Gasteiger partial charge in [0, 0.05) is 25.3 Å². The Bertz CT molecular complexity index is 406. The Labute approximate surface area is 108 Å². The van der Waals surface area contributed by atoms with E-state index in [1.54, 1.807) is 0 Å². The van der Waals surface area contributed by atoms with Crippen LogP contribution in [0.2, 0.25) is 0 Å². The number of nitrogens with two attached hydrogens (primary N) is 1. The third-order valence-corrected chi connectivity index (χ3v) is 3.72. The molecule has 1 aliphatic rings. The maximum absolute atomic E-state index is 12.1. The van der Waals surface area contributed by atoms with Crippen molar-refractivity contribution in [2.45, 2.75) is 20.4 Å². The number of anilines is 1. The summed E-state index contributed by atoms with van der Waals surface area (Å²) in [6, 6.07) is 7.65. The zero-order chi connectivity index (χ0) is 13.1. The Morgan fingerprint density at radius 3 is 2.33 bits per heavy atom. The highest BCUT2D eigenvalue weighted by atomic mass is 16.2. The summed E-state index contributed by atoms with van der Waals surface area (Å²) in [6.07, 6.45) is 0. The van der Waals surface area contributed by atoms with E-state index in [2.05, 4.69) is 19.2 Å². The van der Waals surface area contributed by atoms with Gasteiger partial charge in [0.05, 0.1) is 0 Å². The average molecular weight is 247 g/mol. The highest BCUT2D eigenvalue weighted by Crippen LogP contribution is 2.22. The van der Waals surface area contributed by atoms with Crippen molar-refractivity contribution in [2.24, 2.45) is 17.6 Å². The van der Waals surface area contributed by atoms with Crippen LogP contribution in [0.3, 0.4) is 0 Å². The Kier molecular flexibility index (Phi) is 3.87. The molecule has 0 aliphatic carbocycles. The lowest BCUT2D eigenvalue weighted by molar-refractivity contribution is 0.220. The molecule has 1 heterocycles. The molecule has 2 unspecified atom stereocenters. The van der Waals surface area contributed by atoms with Crippen LogP contribution < -0.4 is 11.1 Å². The lowest BCUT2D eigenvalue weighted by atomic mass is 10.0. The first kappa shape index (κ1) is 12.9. The van der Waals surface area contributed by atoms with Gasteiger partial charge in [-0.3, -0.25) is 0 Å². The third-order valence-electron chi connectivity index (χ3n) is 3.72. The van der Waals surface area contributed by atoms with Gasteiger partial charge in [0.25, 0.3) is 0 Å². The molecule has 1 aromatic rings. The molecule has 0 bridgehead atoms. The highest BCUT2D eigenvalue weighted by molar-refractivity contribution is 5.89. The summed E-state index contributed by atoms with van der Waals surface area (Å²) in [5.74, 6) is 1.16. The molecule has 0 radical (unpaired) electrons. The lowest BCUT2D eigenvalue weighted by Crippen LogP contribution is -2.33. The first-order valence-electron chi connectivity index (χ1n) is 6.45. The minimum Gasteiger partial charge on any atom is -0.326 e. The maximum Gasteiger partial charge on any atom is 0.321 e. The normalized spacial score (nSPS) is 23.2. The SMILES string of the molecule is CC1CN(C(=O)Nc2ccc(CN)cc2)CC1C. The smallest absolute Gasteiger partial charge is 0.321 e. The molecule has 1 fully saturated rings. The fourth-order valence-corrected chi connectivity index (χ4v) is 2.22. The Morgan fingerprint density at radius 2 is 1.83 bits per heavy atom. The molecule has 0 saturated carbocycles. The molecule has 1 aliphatic heterocycles. The fraction of sp³-hybridized carbons (Fsp3) is 0.500. The number of likely N-dealkylation sites (tertiary alicyclic amines) is 1. The van der Waals surface area contributed by atoms with Gasteiger partial charge in [-0.05, 0) is 29.5 Å². The molecule has 1 saturated heterocycles. The number of hydrogen-bond acceptors (Lipinski definition) is 2. The maximum atomic E-state index is 12.1. The van der Waals surface area contributed by atoms with Crippen molar-refractivity contribution in [1.29, 1.82) is 0 Å². The number of amides is 2. The van der Waals surface area contributed by atoms with Gasteiger partial charge in [0.2, 0.25) is 0 Å². The van der Waals surface area contributed by atoms with E-state index < -0.39 is 0 Å². The molecule has 98 valence electrons. The number of nitrogens with one attached hydrogen (secondary N) is 1. The quantitative estimate of drug-likeness (QED) is 0.842. The van der Waals surface area contributed by atoms with Gasteiger partial charge in [-0.2, -0.15) is 0 Å². The van der Waals surface area contributed by atoms with Gasteiger partial charge in [0.1, 0.15) is 0 Å². The van der Waals surface area contributed by atoms with Gasteiger partial charge in [0.15, 0.2) is 0 Å². The number of nitrogens with zero attached hydrogens (tertiary/aromatic N) is 1. The number of carbonyl (C=O) groups is 1. The molecular weight excluding hydrogens is 226 g/mol. The van der Waals surface area contributed by atoms with E-state index in [-0.39, 0.29) is 6.03 Å². The Balaban J connectivity index is 1.94. The summed E-state index contributed by atoms with van der Waals surface area (Å²) in [4.78, 5) is 13.9. The first-order valence-corrected chi connectivity index (χ1v) is 6.45. The second-order valence-electron chi connectivity index (χ2n) is 5.19. The molecule has 0 aromatic heterocycles. The molecule has 1 aromatic carbocycles. The number of hydrogen-bond donors (Lipinski definition) is 2. The van der Waals surface area contributed by atoms with Crippen LogP contribution in [0.15, 0.2) is 24.3 Å². The van der Waals surface area contributed by atoms with E-state index in [1.165, 1.54) is 0 Å². The van der Waals surface area contributed by atoms with Gasteiger partial charge >= 0.3 is 6.03 Å². The predicted octanol–water partition coefficient (Wildman–Crippen LogP) is 2.27. The average Bonchev–Trinajstić information content (AvgIpc) is 2.71. The van der Waals surface area contributed by atoms with Crippen molar-refractivity contribution in [3.63, 3.8) is 0 Å². The summed E-state index contributed by atoms with van der Waals surface area (Å²) in [5.41, 5.74) is 7.43. The predicted molar refractivity (Wildman–Crippen MR) is 73.3 cm³/mol. The summed E-state index contributed by atoms with van der Waals surface area (Å²) in [7, 11) is 0. The number of urea groups is 1. The molecule has 18 heavy (non-hydrogen) atoms. The molecule has 2 atom stereocenters. The first-order chi connectivity index (χ1) is 8.60. The monoisotopic (exact) mass is 247 g/mol.